The van der Waals surface area contributed by atoms with Crippen molar-refractivity contribution in [2.75, 3.05) is 6.61 Å². The van der Waals surface area contributed by atoms with Crippen LogP contribution in [0.1, 0.15) is 6.92 Å². The van der Waals surface area contributed by atoms with Gasteiger partial charge in [-0.3, -0.25) is 4.79 Å². The number of nitrogens with zero attached hydrogens (tertiary/aromatic N) is 2. The second-order valence-electron chi connectivity index (χ2n) is 5.16. The minimum absolute atomic E-state index is 0.346. The van der Waals surface area contributed by atoms with Gasteiger partial charge in [0.1, 0.15) is 15.3 Å². The van der Waals surface area contributed by atoms with Crippen molar-refractivity contribution >= 4 is 31.8 Å². The summed E-state index contributed by atoms with van der Waals surface area (Å²) in [5.74, 6) is 0.692. The Morgan fingerprint density at radius 3 is 2.75 bits per heavy atom. The molecule has 0 saturated carbocycles. The number of benzene rings is 1. The van der Waals surface area contributed by atoms with Crippen molar-refractivity contribution in [3.05, 3.63) is 63.4 Å². The Balaban J connectivity index is 1.97. The van der Waals surface area contributed by atoms with E-state index in [-0.39, 0.29) is 5.56 Å². The van der Waals surface area contributed by atoms with Crippen LogP contribution in [0, 0.1) is 0 Å². The van der Waals surface area contributed by atoms with Crippen LogP contribution in [0.2, 0.25) is 0 Å². The number of fused-ring (bicyclic) bond motifs is 3. The van der Waals surface area contributed by atoms with Crippen LogP contribution >= 0.6 is 11.3 Å². The van der Waals surface area contributed by atoms with Crippen molar-refractivity contribution in [1.29, 1.82) is 0 Å². The van der Waals surface area contributed by atoms with Crippen LogP contribution in [0.15, 0.2) is 52.2 Å². The average Bonchev–Trinajstić information content (AvgIpc) is 2.96. The van der Waals surface area contributed by atoms with E-state index in [1.165, 1.54) is 11.3 Å². The van der Waals surface area contributed by atoms with Crippen LogP contribution < -0.4 is 16.0 Å². The molecule has 0 atom stereocenters. The van der Waals surface area contributed by atoms with E-state index in [4.69, 9.17) is 4.74 Å². The van der Waals surface area contributed by atoms with Gasteiger partial charge in [0.05, 0.1) is 17.8 Å². The first-order valence-corrected chi connectivity index (χ1v) is 8.26. The van der Waals surface area contributed by atoms with E-state index in [1.54, 1.807) is 36.5 Å². The maximum atomic E-state index is 12.8. The van der Waals surface area contributed by atoms with Crippen molar-refractivity contribution in [2.45, 2.75) is 6.92 Å². The fourth-order valence-electron chi connectivity index (χ4n) is 2.66. The van der Waals surface area contributed by atoms with Gasteiger partial charge in [-0.15, -0.1) is 11.3 Å². The fraction of sp³-hybridized carbons (Fsp3) is 0.118. The summed E-state index contributed by atoms with van der Waals surface area (Å²) in [6, 6.07) is 10.5. The highest BCUT2D eigenvalue weighted by molar-refractivity contribution is 7.25. The van der Waals surface area contributed by atoms with E-state index < -0.39 is 5.69 Å². The third-order valence-corrected chi connectivity index (χ3v) is 4.81. The highest BCUT2D eigenvalue weighted by atomic mass is 32.1. The van der Waals surface area contributed by atoms with Crippen LogP contribution in [0.3, 0.4) is 0 Å². The molecule has 0 aliphatic carbocycles. The molecule has 0 fully saturated rings. The van der Waals surface area contributed by atoms with Crippen LogP contribution in [-0.4, -0.2) is 21.1 Å². The second-order valence-corrected chi connectivity index (χ2v) is 6.16. The summed E-state index contributed by atoms with van der Waals surface area (Å²) in [5, 5.41) is 0.783. The molecule has 0 saturated heterocycles. The Kier molecular flexibility index (Phi) is 3.42. The number of nitrogens with one attached hydrogen (secondary N) is 1. The fourth-order valence-corrected chi connectivity index (χ4v) is 3.68. The van der Waals surface area contributed by atoms with Gasteiger partial charge in [0.2, 0.25) is 0 Å². The van der Waals surface area contributed by atoms with E-state index >= 15 is 0 Å². The SMILES string of the molecule is CCOc1ccc(-n2c(=O)[nH]c3c(sc4ncccc43)c2=O)cc1. The Hall–Kier alpha value is -2.93. The summed E-state index contributed by atoms with van der Waals surface area (Å²) in [6.45, 7) is 2.45. The molecule has 120 valence electrons. The Morgan fingerprint density at radius 2 is 2.00 bits per heavy atom. The molecular weight excluding hydrogens is 326 g/mol. The monoisotopic (exact) mass is 339 g/mol. The molecule has 7 heteroatoms. The summed E-state index contributed by atoms with van der Waals surface area (Å²) < 4.78 is 7.00. The number of rotatable bonds is 3. The van der Waals surface area contributed by atoms with Gasteiger partial charge >= 0.3 is 5.69 Å². The molecule has 0 aliphatic rings. The molecule has 0 spiro atoms. The van der Waals surface area contributed by atoms with Crippen LogP contribution in [-0.2, 0) is 0 Å². The molecule has 1 N–H and O–H groups in total. The lowest BCUT2D eigenvalue weighted by molar-refractivity contribution is 0.340. The first-order valence-electron chi connectivity index (χ1n) is 7.45. The average molecular weight is 339 g/mol. The first-order chi connectivity index (χ1) is 11.7. The minimum atomic E-state index is -0.472. The van der Waals surface area contributed by atoms with E-state index in [2.05, 4.69) is 9.97 Å². The Morgan fingerprint density at radius 1 is 1.21 bits per heavy atom. The molecule has 1 aromatic carbocycles. The lowest BCUT2D eigenvalue weighted by Gasteiger charge is -2.07. The maximum Gasteiger partial charge on any atom is 0.333 e. The van der Waals surface area contributed by atoms with Crippen molar-refractivity contribution in [1.82, 2.24) is 14.5 Å². The number of thiophene rings is 1. The highest BCUT2D eigenvalue weighted by Gasteiger charge is 2.14. The van der Waals surface area contributed by atoms with E-state index in [9.17, 15) is 9.59 Å². The van der Waals surface area contributed by atoms with Crippen molar-refractivity contribution in [3.8, 4) is 11.4 Å². The number of aromatic amines is 1. The molecule has 0 bridgehead atoms. The molecule has 0 amide bonds. The summed E-state index contributed by atoms with van der Waals surface area (Å²) >= 11 is 1.28. The zero-order valence-corrected chi connectivity index (χ0v) is 13.6. The molecule has 0 unspecified atom stereocenters. The second kappa shape index (κ2) is 5.61. The first kappa shape index (κ1) is 14.6. The molecule has 6 nitrogen and oxygen atoms in total. The van der Waals surface area contributed by atoms with E-state index in [0.717, 1.165) is 14.8 Å². The normalized spacial score (nSPS) is 11.2. The predicted molar refractivity (Wildman–Crippen MR) is 94.5 cm³/mol. The van der Waals surface area contributed by atoms with Crippen molar-refractivity contribution in [2.24, 2.45) is 0 Å². The van der Waals surface area contributed by atoms with Crippen LogP contribution in [0.25, 0.3) is 26.1 Å². The minimum Gasteiger partial charge on any atom is -0.494 e. The van der Waals surface area contributed by atoms with Gasteiger partial charge < -0.3 is 9.72 Å². The number of aromatic nitrogens is 3. The number of H-pyrrole nitrogens is 1. The molecule has 24 heavy (non-hydrogen) atoms. The standard InChI is InChI=1S/C17H13N3O3S/c1-2-23-11-7-5-10(6-8-11)20-16(21)14-13(19-17(20)22)12-4-3-9-18-15(12)24-14/h3-9H,2H2,1H3,(H,19,22). The topological polar surface area (TPSA) is 77.0 Å². The van der Waals surface area contributed by atoms with E-state index in [1.807, 2.05) is 13.0 Å². The molecular formula is C17H13N3O3S. The largest absolute Gasteiger partial charge is 0.494 e. The Labute approximate surface area is 140 Å². The molecule has 4 aromatic rings. The third-order valence-electron chi connectivity index (χ3n) is 3.70. The summed E-state index contributed by atoms with van der Waals surface area (Å²) in [7, 11) is 0. The number of hydrogen-bond donors (Lipinski definition) is 1. The summed E-state index contributed by atoms with van der Waals surface area (Å²) in [5.41, 5.74) is 0.221. The quantitative estimate of drug-likeness (QED) is 0.622. The van der Waals surface area contributed by atoms with Crippen LogP contribution in [0.4, 0.5) is 0 Å². The number of ether oxygens (including phenoxy) is 1. The van der Waals surface area contributed by atoms with E-state index in [0.29, 0.717) is 28.3 Å². The third kappa shape index (κ3) is 2.21. The van der Waals surface area contributed by atoms with Gasteiger partial charge in [-0.05, 0) is 43.3 Å². The highest BCUT2D eigenvalue weighted by Crippen LogP contribution is 2.27. The van der Waals surface area contributed by atoms with Crippen molar-refractivity contribution in [3.63, 3.8) is 0 Å². The van der Waals surface area contributed by atoms with Gasteiger partial charge in [-0.25, -0.2) is 14.3 Å². The maximum absolute atomic E-state index is 12.8. The smallest absolute Gasteiger partial charge is 0.333 e. The molecule has 4 rings (SSSR count). The van der Waals surface area contributed by atoms with Crippen molar-refractivity contribution < 1.29 is 4.74 Å². The lowest BCUT2D eigenvalue weighted by atomic mass is 10.3. The van der Waals surface area contributed by atoms with Gasteiger partial charge in [-0.2, -0.15) is 0 Å². The van der Waals surface area contributed by atoms with Gasteiger partial charge in [0, 0.05) is 11.6 Å². The summed E-state index contributed by atoms with van der Waals surface area (Å²) in [4.78, 5) is 33.1. The number of hydrogen-bond acceptors (Lipinski definition) is 5. The molecule has 3 heterocycles. The van der Waals surface area contributed by atoms with Gasteiger partial charge in [0.25, 0.3) is 5.56 Å². The Bertz CT molecular complexity index is 1160. The van der Waals surface area contributed by atoms with Crippen LogP contribution in [0.5, 0.6) is 5.75 Å². The zero-order valence-electron chi connectivity index (χ0n) is 12.8. The lowest BCUT2D eigenvalue weighted by Crippen LogP contribution is -2.32. The van der Waals surface area contributed by atoms with Gasteiger partial charge in [0.15, 0.2) is 0 Å². The zero-order chi connectivity index (χ0) is 16.7. The molecule has 3 aromatic heterocycles. The summed E-state index contributed by atoms with van der Waals surface area (Å²) in [6.07, 6.45) is 1.67. The molecule has 0 aliphatic heterocycles. The molecule has 0 radical (unpaired) electrons. The van der Waals surface area contributed by atoms with Gasteiger partial charge in [-0.1, -0.05) is 0 Å². The predicted octanol–water partition coefficient (Wildman–Crippen LogP) is 2.69. The number of pyridine rings is 1.